The smallest absolute Gasteiger partial charge is 0.355 e. The molecule has 1 aromatic rings. The van der Waals surface area contributed by atoms with Gasteiger partial charge in [0.2, 0.25) is 5.91 Å². The van der Waals surface area contributed by atoms with Crippen LogP contribution in [0, 0.1) is 17.3 Å². The number of amides is 1. The molecule has 4 atom stereocenters. The number of carboxylic acids is 1. The maximum Gasteiger partial charge on any atom is 0.355 e. The minimum atomic E-state index is -1.03. The van der Waals surface area contributed by atoms with E-state index in [-0.39, 0.29) is 34.9 Å². The van der Waals surface area contributed by atoms with Crippen LogP contribution in [-0.2, 0) is 9.53 Å². The Morgan fingerprint density at radius 2 is 2.29 bits per heavy atom. The lowest BCUT2D eigenvalue weighted by Crippen LogP contribution is -2.40. The van der Waals surface area contributed by atoms with Crippen molar-refractivity contribution in [3.63, 3.8) is 0 Å². The molecule has 0 unspecified atom stereocenters. The van der Waals surface area contributed by atoms with E-state index >= 15 is 0 Å². The summed E-state index contributed by atoms with van der Waals surface area (Å²) in [6, 6.07) is 0.0234. The van der Waals surface area contributed by atoms with E-state index < -0.39 is 12.1 Å². The van der Waals surface area contributed by atoms with Crippen LogP contribution in [0.4, 0.5) is 0 Å². The molecule has 2 aliphatic rings. The minimum Gasteiger partial charge on any atom is -0.476 e. The molecule has 1 aliphatic carbocycles. The van der Waals surface area contributed by atoms with Crippen LogP contribution in [0.3, 0.4) is 0 Å². The molecule has 3 N–H and O–H groups in total. The van der Waals surface area contributed by atoms with Crippen molar-refractivity contribution in [1.82, 2.24) is 10.3 Å². The third kappa shape index (κ3) is 5.88. The summed E-state index contributed by atoms with van der Waals surface area (Å²) in [6.07, 6.45) is 9.24. The molecule has 3 rings (SSSR count). The molecule has 1 saturated heterocycles. The zero-order valence-corrected chi connectivity index (χ0v) is 19.7. The second-order valence-corrected chi connectivity index (χ2v) is 10.8. The van der Waals surface area contributed by atoms with Crippen LogP contribution in [0.15, 0.2) is 21.9 Å². The first-order chi connectivity index (χ1) is 14.9. The maximum atomic E-state index is 12.5. The van der Waals surface area contributed by atoms with Gasteiger partial charge in [-0.1, -0.05) is 30.3 Å². The van der Waals surface area contributed by atoms with Crippen LogP contribution < -0.4 is 5.32 Å². The fourth-order valence-electron chi connectivity index (χ4n) is 4.60. The van der Waals surface area contributed by atoms with Crippen molar-refractivity contribution in [2.45, 2.75) is 61.9 Å². The number of nitrogens with one attached hydrogen (secondary N) is 1. The summed E-state index contributed by atoms with van der Waals surface area (Å²) in [6.45, 7) is 2.72. The molecular formula is C22H32N2O5S2. The van der Waals surface area contributed by atoms with E-state index in [1.54, 1.807) is 7.11 Å². The van der Waals surface area contributed by atoms with Crippen LogP contribution in [0.25, 0.3) is 0 Å². The average molecular weight is 469 g/mol. The number of aliphatic hydroxyl groups is 1. The fraction of sp³-hybridized carbons (Fsp3) is 0.682. The van der Waals surface area contributed by atoms with Gasteiger partial charge in [-0.3, -0.25) is 4.79 Å². The second kappa shape index (κ2) is 10.9. The molecule has 1 aromatic heterocycles. The lowest BCUT2D eigenvalue weighted by atomic mass is 9.62. The van der Waals surface area contributed by atoms with Crippen LogP contribution >= 0.6 is 23.1 Å². The second-order valence-electron chi connectivity index (χ2n) is 8.56. The van der Waals surface area contributed by atoms with E-state index in [2.05, 4.69) is 10.3 Å². The zero-order valence-electron chi connectivity index (χ0n) is 18.1. The minimum absolute atomic E-state index is 0.0234. The molecule has 31 heavy (non-hydrogen) atoms. The number of hydrogen-bond donors (Lipinski definition) is 3. The van der Waals surface area contributed by atoms with E-state index in [1.165, 1.54) is 28.5 Å². The first-order valence-corrected chi connectivity index (χ1v) is 12.7. The van der Waals surface area contributed by atoms with E-state index in [4.69, 9.17) is 9.84 Å². The largest absolute Gasteiger partial charge is 0.476 e. The molecule has 0 aromatic carbocycles. The number of thiazole rings is 1. The third-order valence-electron chi connectivity index (χ3n) is 6.62. The summed E-state index contributed by atoms with van der Waals surface area (Å²) < 4.78 is 5.87. The van der Waals surface area contributed by atoms with Crippen molar-refractivity contribution in [1.29, 1.82) is 0 Å². The van der Waals surface area contributed by atoms with Crippen molar-refractivity contribution in [2.75, 3.05) is 19.5 Å². The average Bonchev–Trinajstić information content (AvgIpc) is 3.27. The Bertz CT molecular complexity index is 793. The number of aliphatic hydroxyl groups excluding tert-OH is 1. The van der Waals surface area contributed by atoms with Gasteiger partial charge >= 0.3 is 5.97 Å². The predicted molar refractivity (Wildman–Crippen MR) is 122 cm³/mol. The molecule has 1 amide bonds. The molecule has 0 spiro atoms. The van der Waals surface area contributed by atoms with Gasteiger partial charge in [-0.2, -0.15) is 0 Å². The van der Waals surface area contributed by atoms with Crippen LogP contribution in [0.2, 0.25) is 0 Å². The van der Waals surface area contributed by atoms with Crippen molar-refractivity contribution in [2.24, 2.45) is 17.3 Å². The first-order valence-electron chi connectivity index (χ1n) is 10.8. The number of ether oxygens (including phenoxy) is 1. The van der Waals surface area contributed by atoms with Crippen LogP contribution in [-0.4, -0.2) is 58.7 Å². The number of rotatable bonds is 12. The molecule has 7 nitrogen and oxygen atoms in total. The Morgan fingerprint density at radius 3 is 2.90 bits per heavy atom. The normalized spacial score (nSPS) is 26.0. The summed E-state index contributed by atoms with van der Waals surface area (Å²) in [4.78, 5) is 27.5. The Kier molecular flexibility index (Phi) is 8.55. The molecule has 9 heteroatoms. The summed E-state index contributed by atoms with van der Waals surface area (Å²) in [5, 5.41) is 24.4. The Balaban J connectivity index is 1.56. The van der Waals surface area contributed by atoms with Gasteiger partial charge in [-0.25, -0.2) is 9.78 Å². The van der Waals surface area contributed by atoms with Crippen LogP contribution in [0.1, 0.15) is 55.9 Å². The van der Waals surface area contributed by atoms with Crippen LogP contribution in [0.5, 0.6) is 0 Å². The highest BCUT2D eigenvalue weighted by Crippen LogP contribution is 2.48. The van der Waals surface area contributed by atoms with Gasteiger partial charge in [-0.15, -0.1) is 11.3 Å². The third-order valence-corrected chi connectivity index (χ3v) is 8.68. The van der Waals surface area contributed by atoms with Crippen molar-refractivity contribution in [3.05, 3.63) is 23.2 Å². The number of hydrogen-bond acceptors (Lipinski definition) is 7. The summed E-state index contributed by atoms with van der Waals surface area (Å²) in [7, 11) is 1.70. The van der Waals surface area contributed by atoms with Gasteiger partial charge < -0.3 is 20.3 Å². The topological polar surface area (TPSA) is 109 Å². The SMILES string of the molecule is COCCCC1([C@@H](O)/C=C/[C@@H]2[C@H](C)NC(=O)[C@H]2CCSc2nc(C(=O)O)cs2)CCC1. The number of carbonyl (C=O) groups is 2. The fourth-order valence-corrected chi connectivity index (χ4v) is 6.49. The van der Waals surface area contributed by atoms with Crippen molar-refractivity contribution in [3.8, 4) is 0 Å². The molecule has 1 saturated carbocycles. The maximum absolute atomic E-state index is 12.5. The highest BCUT2D eigenvalue weighted by molar-refractivity contribution is 8.01. The van der Waals surface area contributed by atoms with Gasteiger partial charge in [0.05, 0.1) is 6.10 Å². The van der Waals surface area contributed by atoms with Gasteiger partial charge in [0.1, 0.15) is 0 Å². The summed E-state index contributed by atoms with van der Waals surface area (Å²) in [5.41, 5.74) is 0.0109. The van der Waals surface area contributed by atoms with Gasteiger partial charge in [0.15, 0.2) is 10.0 Å². The van der Waals surface area contributed by atoms with E-state index in [0.717, 1.165) is 32.1 Å². The highest BCUT2D eigenvalue weighted by atomic mass is 32.2. The Morgan fingerprint density at radius 1 is 1.52 bits per heavy atom. The molecule has 2 heterocycles. The lowest BCUT2D eigenvalue weighted by molar-refractivity contribution is -0.122. The highest BCUT2D eigenvalue weighted by Gasteiger charge is 2.43. The first kappa shape index (κ1) is 24.2. The van der Waals surface area contributed by atoms with Crippen molar-refractivity contribution >= 4 is 35.0 Å². The number of aromatic carboxylic acids is 1. The summed E-state index contributed by atoms with van der Waals surface area (Å²) >= 11 is 2.79. The van der Waals surface area contributed by atoms with E-state index in [0.29, 0.717) is 23.1 Å². The quantitative estimate of drug-likeness (QED) is 0.244. The molecule has 0 bridgehead atoms. The molecule has 2 fully saturated rings. The Labute approximate surface area is 191 Å². The molecular weight excluding hydrogens is 436 g/mol. The number of aromatic nitrogens is 1. The Hall–Kier alpha value is -1.42. The standard InChI is InChI=1S/C22H32N2O5S2/c1-14-15(5-6-18(25)22(8-3-9-22)10-4-11-29-2)16(19(26)23-14)7-12-30-21-24-17(13-31-21)20(27)28/h5-6,13-16,18,25H,3-4,7-12H2,1-2H3,(H,23,26)(H,27,28)/b6-5+/t14-,15+,16-,18-/m0/s1. The van der Waals surface area contributed by atoms with Crippen molar-refractivity contribution < 1.29 is 24.5 Å². The lowest BCUT2D eigenvalue weighted by Gasteiger charge is -2.45. The monoisotopic (exact) mass is 468 g/mol. The number of methoxy groups -OCH3 is 1. The molecule has 172 valence electrons. The number of carbonyl (C=O) groups excluding carboxylic acids is 1. The molecule has 0 radical (unpaired) electrons. The summed E-state index contributed by atoms with van der Waals surface area (Å²) in [5.74, 6) is -0.422. The predicted octanol–water partition coefficient (Wildman–Crippen LogP) is 3.59. The number of nitrogens with zero attached hydrogens (tertiary/aromatic N) is 1. The number of carboxylic acid groups (broad SMARTS) is 1. The van der Waals surface area contributed by atoms with Gasteiger partial charge in [0.25, 0.3) is 0 Å². The van der Waals surface area contributed by atoms with Gasteiger partial charge in [0, 0.05) is 42.7 Å². The zero-order chi connectivity index (χ0) is 22.4. The van der Waals surface area contributed by atoms with E-state index in [1.807, 2.05) is 19.1 Å². The van der Waals surface area contributed by atoms with Gasteiger partial charge in [-0.05, 0) is 44.4 Å². The molecule has 1 aliphatic heterocycles. The number of thioether (sulfide) groups is 1. The van der Waals surface area contributed by atoms with E-state index in [9.17, 15) is 14.7 Å².